The second-order valence-corrected chi connectivity index (χ2v) is 7.17. The third-order valence-corrected chi connectivity index (χ3v) is 5.44. The van der Waals surface area contributed by atoms with Crippen molar-refractivity contribution in [3.8, 4) is 0 Å². The van der Waals surface area contributed by atoms with E-state index in [4.69, 9.17) is 10.9 Å². The summed E-state index contributed by atoms with van der Waals surface area (Å²) in [5.74, 6) is 0.344. The van der Waals surface area contributed by atoms with Gasteiger partial charge in [-0.2, -0.15) is 0 Å². The van der Waals surface area contributed by atoms with Crippen molar-refractivity contribution in [3.05, 3.63) is 0 Å². The van der Waals surface area contributed by atoms with Gasteiger partial charge in [-0.05, 0) is 57.2 Å². The maximum Gasteiger partial charge on any atom is 0.144 e. The zero-order valence-electron chi connectivity index (χ0n) is 12.5. The van der Waals surface area contributed by atoms with Crippen LogP contribution < -0.4 is 5.73 Å². The van der Waals surface area contributed by atoms with Crippen LogP contribution in [0.15, 0.2) is 5.16 Å². The van der Waals surface area contributed by atoms with Crippen molar-refractivity contribution in [1.29, 1.82) is 0 Å². The van der Waals surface area contributed by atoms with E-state index < -0.39 is 0 Å². The topological polar surface area (TPSA) is 61.8 Å². The fraction of sp³-hybridized carbons (Fsp3) is 0.933. The van der Waals surface area contributed by atoms with E-state index in [1.807, 2.05) is 13.8 Å². The van der Waals surface area contributed by atoms with Crippen LogP contribution in [0.25, 0.3) is 0 Å². The summed E-state index contributed by atoms with van der Waals surface area (Å²) in [5.41, 5.74) is 6.22. The van der Waals surface area contributed by atoms with Gasteiger partial charge in [-0.25, -0.2) is 0 Å². The molecule has 4 heteroatoms. The maximum absolute atomic E-state index is 8.80. The highest BCUT2D eigenvalue weighted by Gasteiger charge is 2.37. The Labute approximate surface area is 117 Å². The summed E-state index contributed by atoms with van der Waals surface area (Å²) in [6, 6.07) is 0. The highest BCUT2D eigenvalue weighted by Crippen LogP contribution is 2.46. The van der Waals surface area contributed by atoms with Crippen molar-refractivity contribution in [2.75, 3.05) is 19.6 Å². The largest absolute Gasteiger partial charge is 0.409 e. The lowest BCUT2D eigenvalue weighted by molar-refractivity contribution is 0.102. The molecule has 1 saturated carbocycles. The minimum Gasteiger partial charge on any atom is -0.409 e. The molecular formula is C15H29N3O. The predicted octanol–water partition coefficient (Wildman–Crippen LogP) is 2.81. The maximum atomic E-state index is 8.80. The second kappa shape index (κ2) is 5.70. The van der Waals surface area contributed by atoms with Crippen LogP contribution in [-0.2, 0) is 0 Å². The number of nitrogens with two attached hydrogens (primary N) is 1. The normalized spacial score (nSPS) is 25.1. The first-order valence-electron chi connectivity index (χ1n) is 7.68. The molecule has 0 atom stereocenters. The van der Waals surface area contributed by atoms with E-state index >= 15 is 0 Å². The molecule has 0 radical (unpaired) electrons. The van der Waals surface area contributed by atoms with Crippen LogP contribution in [0, 0.1) is 10.8 Å². The molecule has 0 unspecified atom stereocenters. The molecule has 0 aromatic rings. The van der Waals surface area contributed by atoms with Crippen LogP contribution >= 0.6 is 0 Å². The summed E-state index contributed by atoms with van der Waals surface area (Å²) < 4.78 is 0. The van der Waals surface area contributed by atoms with Crippen molar-refractivity contribution in [2.24, 2.45) is 21.7 Å². The molecule has 0 aromatic carbocycles. The fourth-order valence-corrected chi connectivity index (χ4v) is 3.58. The van der Waals surface area contributed by atoms with Crippen molar-refractivity contribution in [1.82, 2.24) is 4.90 Å². The first-order chi connectivity index (χ1) is 8.97. The van der Waals surface area contributed by atoms with Crippen molar-refractivity contribution >= 4 is 5.84 Å². The van der Waals surface area contributed by atoms with E-state index in [0.29, 0.717) is 11.3 Å². The smallest absolute Gasteiger partial charge is 0.144 e. The summed E-state index contributed by atoms with van der Waals surface area (Å²) >= 11 is 0. The van der Waals surface area contributed by atoms with Gasteiger partial charge in [0.05, 0.1) is 0 Å². The molecule has 0 amide bonds. The molecule has 3 N–H and O–H groups in total. The minimum absolute atomic E-state index is 0.211. The monoisotopic (exact) mass is 267 g/mol. The van der Waals surface area contributed by atoms with Crippen LogP contribution in [0.5, 0.6) is 0 Å². The molecule has 2 rings (SSSR count). The van der Waals surface area contributed by atoms with Gasteiger partial charge in [-0.3, -0.25) is 0 Å². The first-order valence-corrected chi connectivity index (χ1v) is 7.68. The Morgan fingerprint density at radius 3 is 2.32 bits per heavy atom. The Bertz CT molecular complexity index is 322. The Kier molecular flexibility index (Phi) is 4.39. The zero-order valence-corrected chi connectivity index (χ0v) is 12.5. The van der Waals surface area contributed by atoms with Crippen LogP contribution in [0.2, 0.25) is 0 Å². The quantitative estimate of drug-likeness (QED) is 0.356. The standard InChI is InChI=1S/C15H29N3O/c1-14(2,13(16)17-19)7-10-18-11-8-15(9-12-18)5-3-4-6-15/h19H,3-12H2,1-2H3,(H2,16,17). The van der Waals surface area contributed by atoms with Crippen molar-refractivity contribution < 1.29 is 5.21 Å². The number of nitrogens with zero attached hydrogens (tertiary/aromatic N) is 2. The molecule has 19 heavy (non-hydrogen) atoms. The summed E-state index contributed by atoms with van der Waals surface area (Å²) in [6.07, 6.45) is 9.49. The van der Waals surface area contributed by atoms with Crippen LogP contribution in [-0.4, -0.2) is 35.6 Å². The van der Waals surface area contributed by atoms with E-state index in [2.05, 4.69) is 10.1 Å². The second-order valence-electron chi connectivity index (χ2n) is 7.17. The molecule has 4 nitrogen and oxygen atoms in total. The van der Waals surface area contributed by atoms with Crippen LogP contribution in [0.4, 0.5) is 0 Å². The Balaban J connectivity index is 1.77. The van der Waals surface area contributed by atoms with Crippen molar-refractivity contribution in [2.45, 2.75) is 58.8 Å². The number of piperidine rings is 1. The van der Waals surface area contributed by atoms with Gasteiger partial charge < -0.3 is 15.8 Å². The third-order valence-electron chi connectivity index (χ3n) is 5.44. The number of rotatable bonds is 4. The average molecular weight is 267 g/mol. The van der Waals surface area contributed by atoms with Crippen LogP contribution in [0.3, 0.4) is 0 Å². The molecule has 1 aliphatic heterocycles. The SMILES string of the molecule is CC(C)(CCN1CCC2(CCCC2)CC1)C(N)=NO. The third kappa shape index (κ3) is 3.41. The van der Waals surface area contributed by atoms with E-state index in [9.17, 15) is 0 Å². The molecule has 1 heterocycles. The molecule has 2 aliphatic rings. The van der Waals surface area contributed by atoms with Gasteiger partial charge in [-0.1, -0.05) is 31.8 Å². The summed E-state index contributed by atoms with van der Waals surface area (Å²) in [6.45, 7) is 7.60. The Hall–Kier alpha value is -0.770. The number of oxime groups is 1. The van der Waals surface area contributed by atoms with Gasteiger partial charge in [0.1, 0.15) is 5.84 Å². The predicted molar refractivity (Wildman–Crippen MR) is 78.4 cm³/mol. The van der Waals surface area contributed by atoms with Crippen LogP contribution in [0.1, 0.15) is 58.8 Å². The molecule has 1 aliphatic carbocycles. The Morgan fingerprint density at radius 1 is 1.21 bits per heavy atom. The summed E-state index contributed by atoms with van der Waals surface area (Å²) in [4.78, 5) is 2.55. The summed E-state index contributed by atoms with van der Waals surface area (Å²) in [5, 5.41) is 12.0. The first kappa shape index (κ1) is 14.6. The number of amidine groups is 1. The van der Waals surface area contributed by atoms with Gasteiger partial charge in [0, 0.05) is 5.41 Å². The minimum atomic E-state index is -0.211. The van der Waals surface area contributed by atoms with E-state index in [1.165, 1.54) is 51.6 Å². The van der Waals surface area contributed by atoms with Gasteiger partial charge in [0.2, 0.25) is 0 Å². The lowest BCUT2D eigenvalue weighted by Gasteiger charge is -2.40. The highest BCUT2D eigenvalue weighted by molar-refractivity contribution is 5.85. The van der Waals surface area contributed by atoms with Gasteiger partial charge in [-0.15, -0.1) is 0 Å². The number of hydrogen-bond acceptors (Lipinski definition) is 3. The number of hydrogen-bond donors (Lipinski definition) is 2. The van der Waals surface area contributed by atoms with E-state index in [0.717, 1.165) is 13.0 Å². The molecule has 0 aromatic heterocycles. The highest BCUT2D eigenvalue weighted by atomic mass is 16.4. The number of likely N-dealkylation sites (tertiary alicyclic amines) is 1. The average Bonchev–Trinajstić information content (AvgIpc) is 2.85. The lowest BCUT2D eigenvalue weighted by atomic mass is 9.77. The van der Waals surface area contributed by atoms with Gasteiger partial charge in [0.15, 0.2) is 0 Å². The van der Waals surface area contributed by atoms with Crippen molar-refractivity contribution in [3.63, 3.8) is 0 Å². The molecule has 2 fully saturated rings. The molecular weight excluding hydrogens is 238 g/mol. The molecule has 0 bridgehead atoms. The summed E-state index contributed by atoms with van der Waals surface area (Å²) in [7, 11) is 0. The van der Waals surface area contributed by atoms with E-state index in [1.54, 1.807) is 0 Å². The Morgan fingerprint density at radius 2 is 1.79 bits per heavy atom. The van der Waals surface area contributed by atoms with Gasteiger partial charge >= 0.3 is 0 Å². The molecule has 1 spiro atoms. The molecule has 1 saturated heterocycles. The molecule has 110 valence electrons. The van der Waals surface area contributed by atoms with E-state index in [-0.39, 0.29) is 5.41 Å². The van der Waals surface area contributed by atoms with Gasteiger partial charge in [0.25, 0.3) is 0 Å². The fourth-order valence-electron chi connectivity index (χ4n) is 3.58. The lowest BCUT2D eigenvalue weighted by Crippen LogP contribution is -2.42. The zero-order chi connectivity index (χ0) is 13.9.